The Kier molecular flexibility index (Phi) is 6.72. The summed E-state index contributed by atoms with van der Waals surface area (Å²) in [7, 11) is 0. The number of hydrogen-bond acceptors (Lipinski definition) is 9. The summed E-state index contributed by atoms with van der Waals surface area (Å²) in [5.74, 6) is -0.901. The minimum Gasteiger partial charge on any atom is -0.378 e. The van der Waals surface area contributed by atoms with Crippen molar-refractivity contribution in [2.75, 3.05) is 64.1 Å². The van der Waals surface area contributed by atoms with Gasteiger partial charge in [0.25, 0.3) is 16.8 Å². The summed E-state index contributed by atoms with van der Waals surface area (Å²) in [6.45, 7) is 3.60. The molecule has 0 N–H and O–H groups in total. The third-order valence-electron chi connectivity index (χ3n) is 5.39. The molecular formula is C20H22N4O7S. The average molecular weight is 462 g/mol. The summed E-state index contributed by atoms with van der Waals surface area (Å²) < 4.78 is 10.6. The number of non-ortho nitro benzene ring substituents is 1. The minimum absolute atomic E-state index is 0.116. The number of nitro benzene ring substituents is 1. The summed E-state index contributed by atoms with van der Waals surface area (Å²) in [6.07, 6.45) is 1.49. The lowest BCUT2D eigenvalue weighted by atomic mass is 10.1. The molecule has 3 fully saturated rings. The monoisotopic (exact) mass is 462 g/mol. The maximum atomic E-state index is 12.9. The lowest BCUT2D eigenvalue weighted by Crippen LogP contribution is -2.46. The third kappa shape index (κ3) is 4.76. The Morgan fingerprint density at radius 1 is 1.09 bits per heavy atom. The highest BCUT2D eigenvalue weighted by molar-refractivity contribution is 8.18. The Balaban J connectivity index is 1.58. The van der Waals surface area contributed by atoms with Gasteiger partial charge in [0, 0.05) is 49.6 Å². The zero-order chi connectivity index (χ0) is 22.7. The Morgan fingerprint density at radius 3 is 2.41 bits per heavy atom. The molecule has 3 saturated heterocycles. The highest BCUT2D eigenvalue weighted by atomic mass is 32.2. The van der Waals surface area contributed by atoms with E-state index in [4.69, 9.17) is 9.47 Å². The fourth-order valence-corrected chi connectivity index (χ4v) is 4.52. The Bertz CT molecular complexity index is 971. The van der Waals surface area contributed by atoms with Crippen LogP contribution in [0.3, 0.4) is 0 Å². The fourth-order valence-electron chi connectivity index (χ4n) is 3.69. The van der Waals surface area contributed by atoms with E-state index in [0.29, 0.717) is 58.2 Å². The van der Waals surface area contributed by atoms with Gasteiger partial charge in [0.1, 0.15) is 6.54 Å². The Morgan fingerprint density at radius 2 is 1.75 bits per heavy atom. The number of carbonyl (C=O) groups is 3. The summed E-state index contributed by atoms with van der Waals surface area (Å²) in [5.41, 5.74) is 1.07. The van der Waals surface area contributed by atoms with Gasteiger partial charge in [-0.25, -0.2) is 0 Å². The van der Waals surface area contributed by atoms with Crippen LogP contribution < -0.4 is 4.90 Å². The largest absolute Gasteiger partial charge is 0.378 e. The maximum Gasteiger partial charge on any atom is 0.294 e. The first kappa shape index (κ1) is 22.2. The third-order valence-corrected chi connectivity index (χ3v) is 6.30. The van der Waals surface area contributed by atoms with Crippen molar-refractivity contribution in [1.82, 2.24) is 9.80 Å². The van der Waals surface area contributed by atoms with Crippen molar-refractivity contribution in [2.45, 2.75) is 0 Å². The zero-order valence-corrected chi connectivity index (χ0v) is 18.0. The molecule has 3 aliphatic heterocycles. The number of imide groups is 1. The normalized spacial score (nSPS) is 20.9. The highest BCUT2D eigenvalue weighted by Gasteiger charge is 2.37. The number of nitro groups is 1. The number of hydrogen-bond donors (Lipinski definition) is 0. The van der Waals surface area contributed by atoms with Crippen LogP contribution in [-0.2, 0) is 19.1 Å². The van der Waals surface area contributed by atoms with Crippen molar-refractivity contribution in [1.29, 1.82) is 0 Å². The topological polar surface area (TPSA) is 123 Å². The quantitative estimate of drug-likeness (QED) is 0.362. The van der Waals surface area contributed by atoms with Crippen LogP contribution in [0.4, 0.5) is 16.2 Å². The van der Waals surface area contributed by atoms with Crippen molar-refractivity contribution in [3.8, 4) is 0 Å². The molecular weight excluding hydrogens is 440 g/mol. The first-order valence-electron chi connectivity index (χ1n) is 10.2. The molecule has 11 nitrogen and oxygen atoms in total. The van der Waals surface area contributed by atoms with Gasteiger partial charge in [-0.05, 0) is 23.9 Å². The van der Waals surface area contributed by atoms with Gasteiger partial charge in [0.05, 0.1) is 36.3 Å². The fraction of sp³-hybridized carbons (Fsp3) is 0.450. The number of ether oxygens (including phenoxy) is 2. The summed E-state index contributed by atoms with van der Waals surface area (Å²) in [4.78, 5) is 53.3. The number of nitrogens with zero attached hydrogens (tertiary/aromatic N) is 4. The smallest absolute Gasteiger partial charge is 0.294 e. The predicted molar refractivity (Wildman–Crippen MR) is 116 cm³/mol. The van der Waals surface area contributed by atoms with Crippen molar-refractivity contribution in [2.24, 2.45) is 0 Å². The number of amides is 3. The highest BCUT2D eigenvalue weighted by Crippen LogP contribution is 2.35. The van der Waals surface area contributed by atoms with Crippen molar-refractivity contribution < 1.29 is 28.8 Å². The van der Waals surface area contributed by atoms with Gasteiger partial charge in [0.15, 0.2) is 0 Å². The van der Waals surface area contributed by atoms with Gasteiger partial charge in [-0.3, -0.25) is 29.4 Å². The molecule has 1 aromatic rings. The Labute approximate surface area is 188 Å². The first-order valence-corrected chi connectivity index (χ1v) is 11.0. The number of carbonyl (C=O) groups excluding carboxylic acids is 3. The molecule has 0 aromatic heterocycles. The summed E-state index contributed by atoms with van der Waals surface area (Å²) in [6, 6.07) is 4.44. The van der Waals surface area contributed by atoms with Crippen LogP contribution in [0, 0.1) is 10.1 Å². The van der Waals surface area contributed by atoms with Crippen LogP contribution in [0.25, 0.3) is 6.08 Å². The standard InChI is InChI=1S/C20H22N4O7S/c25-18(22-5-9-31-10-6-22)13-23-19(26)17(32-20(23)27)12-14-11-15(24(28)29)1-2-16(14)21-3-7-30-8-4-21/h1-2,11-12H,3-10,13H2/b17-12-. The molecule has 3 heterocycles. The first-order chi connectivity index (χ1) is 15.4. The van der Waals surface area contributed by atoms with E-state index in [-0.39, 0.29) is 23.0 Å². The van der Waals surface area contributed by atoms with E-state index in [1.165, 1.54) is 18.2 Å². The number of anilines is 1. The SMILES string of the molecule is O=C(CN1C(=O)S/C(=C\c2cc([N+](=O)[O-])ccc2N2CCOCC2)C1=O)N1CCOCC1. The van der Waals surface area contributed by atoms with Crippen LogP contribution in [0.5, 0.6) is 0 Å². The average Bonchev–Trinajstić information content (AvgIpc) is 3.07. The molecule has 170 valence electrons. The lowest BCUT2D eigenvalue weighted by molar-refractivity contribution is -0.384. The molecule has 1 aromatic carbocycles. The van der Waals surface area contributed by atoms with E-state index in [9.17, 15) is 24.5 Å². The van der Waals surface area contributed by atoms with E-state index >= 15 is 0 Å². The van der Waals surface area contributed by atoms with Gasteiger partial charge in [-0.15, -0.1) is 0 Å². The number of morpholine rings is 2. The maximum absolute atomic E-state index is 12.9. The zero-order valence-electron chi connectivity index (χ0n) is 17.2. The Hall–Kier alpha value is -2.96. The lowest BCUT2D eigenvalue weighted by Gasteiger charge is -2.30. The van der Waals surface area contributed by atoms with Crippen molar-refractivity contribution in [3.05, 3.63) is 38.8 Å². The van der Waals surface area contributed by atoms with Crippen LogP contribution in [0.1, 0.15) is 5.56 Å². The van der Waals surface area contributed by atoms with E-state index in [1.807, 2.05) is 4.90 Å². The second-order valence-corrected chi connectivity index (χ2v) is 8.35. The second-order valence-electron chi connectivity index (χ2n) is 7.36. The molecule has 0 radical (unpaired) electrons. The molecule has 0 atom stereocenters. The molecule has 3 amide bonds. The molecule has 0 unspecified atom stereocenters. The van der Waals surface area contributed by atoms with E-state index in [2.05, 4.69) is 0 Å². The van der Waals surface area contributed by atoms with Gasteiger partial charge in [0.2, 0.25) is 5.91 Å². The van der Waals surface area contributed by atoms with Crippen LogP contribution >= 0.6 is 11.8 Å². The van der Waals surface area contributed by atoms with Crippen molar-refractivity contribution >= 4 is 46.3 Å². The molecule has 32 heavy (non-hydrogen) atoms. The van der Waals surface area contributed by atoms with Crippen LogP contribution in [-0.4, -0.2) is 90.9 Å². The second kappa shape index (κ2) is 9.67. The van der Waals surface area contributed by atoms with Crippen LogP contribution in [0.2, 0.25) is 0 Å². The molecule has 0 aliphatic carbocycles. The van der Waals surface area contributed by atoms with E-state index in [1.54, 1.807) is 11.0 Å². The molecule has 12 heteroatoms. The molecule has 4 rings (SSSR count). The van der Waals surface area contributed by atoms with Gasteiger partial charge >= 0.3 is 0 Å². The van der Waals surface area contributed by atoms with E-state index < -0.39 is 16.1 Å². The van der Waals surface area contributed by atoms with Gasteiger partial charge in [-0.1, -0.05) is 0 Å². The van der Waals surface area contributed by atoms with Crippen LogP contribution in [0.15, 0.2) is 23.1 Å². The van der Waals surface area contributed by atoms with Crippen molar-refractivity contribution in [3.63, 3.8) is 0 Å². The molecule has 0 spiro atoms. The summed E-state index contributed by atoms with van der Waals surface area (Å²) >= 11 is 0.725. The minimum atomic E-state index is -0.582. The molecule has 3 aliphatic rings. The molecule has 0 bridgehead atoms. The van der Waals surface area contributed by atoms with E-state index in [0.717, 1.165) is 22.3 Å². The number of benzene rings is 1. The predicted octanol–water partition coefficient (Wildman–Crippen LogP) is 1.33. The summed E-state index contributed by atoms with van der Waals surface area (Å²) in [5, 5.41) is 10.7. The number of thioether (sulfide) groups is 1. The van der Waals surface area contributed by atoms with Gasteiger partial charge < -0.3 is 19.3 Å². The number of rotatable bonds is 5. The molecule has 0 saturated carbocycles. The van der Waals surface area contributed by atoms with Gasteiger partial charge in [-0.2, -0.15) is 0 Å².